The molecule has 0 bridgehead atoms. The molecule has 25 heavy (non-hydrogen) atoms. The van der Waals surface area contributed by atoms with Crippen molar-refractivity contribution in [2.45, 2.75) is 38.3 Å². The standard InChI is InChI=1S/C21H22N2OS/c1-24-15-7-4-6-14(12-15)20-18-9-5-11-23(18)21-17(13-22-20)16-8-2-3-10-19(16)25-21/h4-7,9,11-12,20,22H,2-3,8,10,13H2,1H3. The molecule has 2 aliphatic rings. The lowest BCUT2D eigenvalue weighted by Crippen LogP contribution is -2.22. The van der Waals surface area contributed by atoms with Gasteiger partial charge in [0.2, 0.25) is 0 Å². The van der Waals surface area contributed by atoms with Gasteiger partial charge in [-0.3, -0.25) is 0 Å². The molecule has 1 aliphatic heterocycles. The van der Waals surface area contributed by atoms with Crippen molar-refractivity contribution in [2.24, 2.45) is 0 Å². The van der Waals surface area contributed by atoms with Crippen molar-refractivity contribution in [3.8, 4) is 10.8 Å². The van der Waals surface area contributed by atoms with Crippen LogP contribution < -0.4 is 10.1 Å². The highest BCUT2D eigenvalue weighted by molar-refractivity contribution is 7.15. The molecule has 3 aromatic rings. The van der Waals surface area contributed by atoms with Gasteiger partial charge >= 0.3 is 0 Å². The first-order valence-electron chi connectivity index (χ1n) is 9.03. The number of hydrogen-bond acceptors (Lipinski definition) is 3. The van der Waals surface area contributed by atoms with Gasteiger partial charge in [0.25, 0.3) is 0 Å². The second kappa shape index (κ2) is 6.04. The highest BCUT2D eigenvalue weighted by Crippen LogP contribution is 2.41. The van der Waals surface area contributed by atoms with Gasteiger partial charge in [-0.2, -0.15) is 0 Å². The summed E-state index contributed by atoms with van der Waals surface area (Å²) in [4.78, 5) is 1.61. The molecule has 3 nitrogen and oxygen atoms in total. The second-order valence-electron chi connectivity index (χ2n) is 6.89. The van der Waals surface area contributed by atoms with Crippen molar-refractivity contribution >= 4 is 11.3 Å². The summed E-state index contributed by atoms with van der Waals surface area (Å²) < 4.78 is 7.84. The highest BCUT2D eigenvalue weighted by atomic mass is 32.1. The predicted molar refractivity (Wildman–Crippen MR) is 102 cm³/mol. The van der Waals surface area contributed by atoms with E-state index in [1.54, 1.807) is 17.6 Å². The third kappa shape index (κ3) is 2.43. The zero-order valence-electron chi connectivity index (χ0n) is 14.4. The molecular weight excluding hydrogens is 328 g/mol. The lowest BCUT2D eigenvalue weighted by Gasteiger charge is -2.19. The molecule has 1 unspecified atom stereocenters. The van der Waals surface area contributed by atoms with Crippen LogP contribution in [-0.2, 0) is 19.4 Å². The van der Waals surface area contributed by atoms with E-state index in [9.17, 15) is 0 Å². The van der Waals surface area contributed by atoms with Crippen molar-refractivity contribution in [3.63, 3.8) is 0 Å². The topological polar surface area (TPSA) is 26.2 Å². The monoisotopic (exact) mass is 350 g/mol. The van der Waals surface area contributed by atoms with Gasteiger partial charge in [0.1, 0.15) is 10.8 Å². The van der Waals surface area contributed by atoms with Crippen molar-refractivity contribution < 1.29 is 4.74 Å². The van der Waals surface area contributed by atoms with Crippen molar-refractivity contribution in [2.75, 3.05) is 7.11 Å². The van der Waals surface area contributed by atoms with Crippen LogP contribution in [0.25, 0.3) is 5.00 Å². The summed E-state index contributed by atoms with van der Waals surface area (Å²) in [6.45, 7) is 0.935. The molecule has 1 N–H and O–H groups in total. The van der Waals surface area contributed by atoms with E-state index in [1.807, 2.05) is 17.4 Å². The number of aromatic nitrogens is 1. The third-order valence-corrected chi connectivity index (χ3v) is 6.80. The Balaban J connectivity index is 1.63. The van der Waals surface area contributed by atoms with E-state index in [0.717, 1.165) is 12.3 Å². The fourth-order valence-electron chi connectivity index (χ4n) is 4.23. The summed E-state index contributed by atoms with van der Waals surface area (Å²) in [6.07, 6.45) is 7.38. The van der Waals surface area contributed by atoms with Crippen LogP contribution in [0.5, 0.6) is 5.75 Å². The number of fused-ring (bicyclic) bond motifs is 5. The van der Waals surface area contributed by atoms with Gasteiger partial charge in [-0.15, -0.1) is 11.3 Å². The van der Waals surface area contributed by atoms with Crippen LogP contribution in [0.4, 0.5) is 0 Å². The van der Waals surface area contributed by atoms with Gasteiger partial charge < -0.3 is 14.6 Å². The lowest BCUT2D eigenvalue weighted by atomic mass is 9.95. The molecular formula is C21H22N2OS. The van der Waals surface area contributed by atoms with Gasteiger partial charge in [-0.1, -0.05) is 12.1 Å². The van der Waals surface area contributed by atoms with Crippen molar-refractivity contribution in [3.05, 3.63) is 69.9 Å². The molecule has 5 rings (SSSR count). The number of hydrogen-bond donors (Lipinski definition) is 1. The SMILES string of the molecule is COc1cccc(C2NCc3c(sc4c3CCCC4)-n3cccc32)c1. The van der Waals surface area contributed by atoms with Gasteiger partial charge in [0.15, 0.2) is 0 Å². The van der Waals surface area contributed by atoms with Crippen LogP contribution >= 0.6 is 11.3 Å². The van der Waals surface area contributed by atoms with E-state index in [2.05, 4.69) is 46.4 Å². The molecule has 3 heterocycles. The van der Waals surface area contributed by atoms with Crippen molar-refractivity contribution in [1.82, 2.24) is 9.88 Å². The molecule has 0 saturated carbocycles. The molecule has 0 radical (unpaired) electrons. The number of nitrogens with zero attached hydrogens (tertiary/aromatic N) is 1. The van der Waals surface area contributed by atoms with Gasteiger partial charge in [-0.05, 0) is 61.1 Å². The lowest BCUT2D eigenvalue weighted by molar-refractivity contribution is 0.413. The Morgan fingerprint density at radius 3 is 2.96 bits per heavy atom. The van der Waals surface area contributed by atoms with Crippen LogP contribution in [0.1, 0.15) is 46.1 Å². The normalized spacial score (nSPS) is 18.8. The van der Waals surface area contributed by atoms with E-state index in [-0.39, 0.29) is 6.04 Å². The Morgan fingerprint density at radius 2 is 2.04 bits per heavy atom. The van der Waals surface area contributed by atoms with E-state index >= 15 is 0 Å². The molecule has 1 aromatic carbocycles. The predicted octanol–water partition coefficient (Wildman–Crippen LogP) is 4.62. The fourth-order valence-corrected chi connectivity index (χ4v) is 5.64. The van der Waals surface area contributed by atoms with E-state index in [4.69, 9.17) is 4.74 Å². The summed E-state index contributed by atoms with van der Waals surface area (Å²) in [6, 6.07) is 13.0. The molecule has 0 spiro atoms. The molecule has 0 saturated heterocycles. The number of rotatable bonds is 2. The van der Waals surface area contributed by atoms with Crippen LogP contribution in [0, 0.1) is 0 Å². The first-order valence-corrected chi connectivity index (χ1v) is 9.85. The number of ether oxygens (including phenoxy) is 1. The van der Waals surface area contributed by atoms with Crippen molar-refractivity contribution in [1.29, 1.82) is 0 Å². The third-order valence-electron chi connectivity index (χ3n) is 5.46. The maximum absolute atomic E-state index is 5.44. The number of thiophene rings is 1. The smallest absolute Gasteiger partial charge is 0.119 e. The average Bonchev–Trinajstić information content (AvgIpc) is 3.24. The van der Waals surface area contributed by atoms with Gasteiger partial charge in [0.05, 0.1) is 13.2 Å². The zero-order chi connectivity index (χ0) is 16.8. The van der Waals surface area contributed by atoms with E-state index in [0.29, 0.717) is 0 Å². The minimum absolute atomic E-state index is 0.184. The fraction of sp³-hybridized carbons (Fsp3) is 0.333. The maximum Gasteiger partial charge on any atom is 0.119 e. The molecule has 0 fully saturated rings. The minimum Gasteiger partial charge on any atom is -0.497 e. The number of methoxy groups -OCH3 is 1. The van der Waals surface area contributed by atoms with E-state index in [1.165, 1.54) is 47.5 Å². The number of nitrogens with one attached hydrogen (secondary N) is 1. The van der Waals surface area contributed by atoms with E-state index < -0.39 is 0 Å². The van der Waals surface area contributed by atoms with Crippen LogP contribution in [-0.4, -0.2) is 11.7 Å². The Kier molecular flexibility index (Phi) is 3.68. The molecule has 4 heteroatoms. The number of aryl methyl sites for hydroxylation is 1. The molecule has 0 amide bonds. The summed E-state index contributed by atoms with van der Waals surface area (Å²) in [7, 11) is 1.73. The number of benzene rings is 1. The summed E-state index contributed by atoms with van der Waals surface area (Å²) in [5, 5.41) is 5.24. The molecule has 2 aromatic heterocycles. The second-order valence-corrected chi connectivity index (χ2v) is 7.97. The Morgan fingerprint density at radius 1 is 1.12 bits per heavy atom. The minimum atomic E-state index is 0.184. The highest BCUT2D eigenvalue weighted by Gasteiger charge is 2.28. The van der Waals surface area contributed by atoms with Gasteiger partial charge in [-0.25, -0.2) is 0 Å². The summed E-state index contributed by atoms with van der Waals surface area (Å²) >= 11 is 2.00. The van der Waals surface area contributed by atoms with Gasteiger partial charge in [0, 0.05) is 28.9 Å². The quantitative estimate of drug-likeness (QED) is 0.730. The molecule has 128 valence electrons. The van der Waals surface area contributed by atoms with Crippen LogP contribution in [0.3, 0.4) is 0 Å². The average molecular weight is 350 g/mol. The zero-order valence-corrected chi connectivity index (χ0v) is 15.2. The van der Waals surface area contributed by atoms with Crippen LogP contribution in [0.15, 0.2) is 42.6 Å². The Bertz CT molecular complexity index is 924. The first kappa shape index (κ1) is 15.2. The first-order chi connectivity index (χ1) is 12.3. The maximum atomic E-state index is 5.44. The molecule has 1 aliphatic carbocycles. The Hall–Kier alpha value is -2.04. The molecule has 1 atom stereocenters. The summed E-state index contributed by atoms with van der Waals surface area (Å²) in [5.74, 6) is 0.911. The summed E-state index contributed by atoms with van der Waals surface area (Å²) in [5.41, 5.74) is 5.70. The Labute approximate surface area is 152 Å². The largest absolute Gasteiger partial charge is 0.497 e. The van der Waals surface area contributed by atoms with Crippen LogP contribution in [0.2, 0.25) is 0 Å².